The van der Waals surface area contributed by atoms with Crippen LogP contribution in [0.25, 0.3) is 0 Å². The maximum Gasteiger partial charge on any atom is 0.315 e. The molecule has 0 saturated heterocycles. The number of carbonyl (C=O) groups is 2. The molecule has 5 nitrogen and oxygen atoms in total. The van der Waals surface area contributed by atoms with E-state index in [1.807, 2.05) is 0 Å². The quantitative estimate of drug-likeness (QED) is 0.725. The van der Waals surface area contributed by atoms with E-state index in [2.05, 4.69) is 16.0 Å². The van der Waals surface area contributed by atoms with Crippen molar-refractivity contribution >= 4 is 11.9 Å². The highest BCUT2D eigenvalue weighted by atomic mass is 16.2. The maximum atomic E-state index is 11.7. The molecular weight excluding hydrogens is 242 g/mol. The zero-order valence-electron chi connectivity index (χ0n) is 11.5. The highest BCUT2D eigenvalue weighted by molar-refractivity contribution is 5.84. The van der Waals surface area contributed by atoms with Crippen LogP contribution in [0.2, 0.25) is 0 Å². The Morgan fingerprint density at radius 1 is 0.789 bits per heavy atom. The minimum Gasteiger partial charge on any atom is -0.352 e. The highest BCUT2D eigenvalue weighted by Gasteiger charge is 2.18. The van der Waals surface area contributed by atoms with Crippen LogP contribution in [0.5, 0.6) is 0 Å². The topological polar surface area (TPSA) is 70.2 Å². The molecule has 3 N–H and O–H groups in total. The van der Waals surface area contributed by atoms with E-state index < -0.39 is 0 Å². The lowest BCUT2D eigenvalue weighted by Crippen LogP contribution is -2.47. The molecule has 0 spiro atoms. The Balaban J connectivity index is 1.58. The molecule has 0 aromatic carbocycles. The van der Waals surface area contributed by atoms with Crippen molar-refractivity contribution in [3.63, 3.8) is 0 Å². The number of urea groups is 1. The summed E-state index contributed by atoms with van der Waals surface area (Å²) in [5.41, 5.74) is 0. The first-order chi connectivity index (χ1) is 9.24. The summed E-state index contributed by atoms with van der Waals surface area (Å²) >= 11 is 0. The average Bonchev–Trinajstić information content (AvgIpc) is 2.90. The normalized spacial score (nSPS) is 21.1. The SMILES string of the molecule is O=C(CNC(=O)NC1CCCC1)NC1CCCCC1. The maximum absolute atomic E-state index is 11.7. The molecule has 2 saturated carbocycles. The van der Waals surface area contributed by atoms with E-state index in [0.29, 0.717) is 12.1 Å². The third-order valence-electron chi connectivity index (χ3n) is 4.07. The Bertz CT molecular complexity index is 308. The van der Waals surface area contributed by atoms with Gasteiger partial charge in [-0.3, -0.25) is 4.79 Å². The van der Waals surface area contributed by atoms with E-state index in [9.17, 15) is 9.59 Å². The Labute approximate surface area is 114 Å². The van der Waals surface area contributed by atoms with Gasteiger partial charge in [-0.15, -0.1) is 0 Å². The molecule has 2 fully saturated rings. The van der Waals surface area contributed by atoms with Crippen molar-refractivity contribution in [3.8, 4) is 0 Å². The Kier molecular flexibility index (Phi) is 5.48. The minimum absolute atomic E-state index is 0.0755. The molecule has 0 aliphatic heterocycles. The van der Waals surface area contributed by atoms with Crippen LogP contribution >= 0.6 is 0 Å². The first-order valence-corrected chi connectivity index (χ1v) is 7.58. The predicted molar refractivity (Wildman–Crippen MR) is 73.8 cm³/mol. The lowest BCUT2D eigenvalue weighted by molar-refractivity contribution is -0.121. The van der Waals surface area contributed by atoms with Crippen molar-refractivity contribution in [1.29, 1.82) is 0 Å². The second-order valence-electron chi connectivity index (χ2n) is 5.71. The molecule has 0 bridgehead atoms. The predicted octanol–water partition coefficient (Wildman–Crippen LogP) is 1.68. The number of hydrogen-bond acceptors (Lipinski definition) is 2. The summed E-state index contributed by atoms with van der Waals surface area (Å²) in [6, 6.07) is 0.382. The summed E-state index contributed by atoms with van der Waals surface area (Å²) < 4.78 is 0. The third-order valence-corrected chi connectivity index (χ3v) is 4.07. The van der Waals surface area contributed by atoms with Crippen LogP contribution in [0, 0.1) is 0 Å². The lowest BCUT2D eigenvalue weighted by Gasteiger charge is -2.22. The Hall–Kier alpha value is -1.26. The summed E-state index contributed by atoms with van der Waals surface area (Å²) in [6.45, 7) is 0.0784. The van der Waals surface area contributed by atoms with Crippen LogP contribution in [-0.4, -0.2) is 30.6 Å². The van der Waals surface area contributed by atoms with Gasteiger partial charge in [0.05, 0.1) is 6.54 Å². The van der Waals surface area contributed by atoms with Gasteiger partial charge in [-0.05, 0) is 25.7 Å². The van der Waals surface area contributed by atoms with E-state index in [4.69, 9.17) is 0 Å². The third kappa shape index (κ3) is 5.09. The number of carbonyl (C=O) groups excluding carboxylic acids is 2. The summed E-state index contributed by atoms with van der Waals surface area (Å²) in [5.74, 6) is -0.0755. The molecule has 5 heteroatoms. The molecular formula is C14H25N3O2. The van der Waals surface area contributed by atoms with Crippen LogP contribution in [0.4, 0.5) is 4.79 Å². The van der Waals surface area contributed by atoms with Gasteiger partial charge in [0.2, 0.25) is 5.91 Å². The van der Waals surface area contributed by atoms with Crippen molar-refractivity contribution in [2.75, 3.05) is 6.54 Å². The first kappa shape index (κ1) is 14.2. The fourth-order valence-corrected chi connectivity index (χ4v) is 2.99. The van der Waals surface area contributed by atoms with E-state index >= 15 is 0 Å². The molecule has 0 heterocycles. The van der Waals surface area contributed by atoms with Crippen LogP contribution in [0.15, 0.2) is 0 Å². The smallest absolute Gasteiger partial charge is 0.315 e. The molecule has 0 aromatic rings. The van der Waals surface area contributed by atoms with Crippen molar-refractivity contribution in [2.45, 2.75) is 69.9 Å². The molecule has 0 radical (unpaired) electrons. The lowest BCUT2D eigenvalue weighted by atomic mass is 9.95. The average molecular weight is 267 g/mol. The molecule has 2 aliphatic carbocycles. The monoisotopic (exact) mass is 267 g/mol. The fourth-order valence-electron chi connectivity index (χ4n) is 2.99. The second-order valence-corrected chi connectivity index (χ2v) is 5.71. The van der Waals surface area contributed by atoms with Gasteiger partial charge in [-0.25, -0.2) is 4.79 Å². The highest BCUT2D eigenvalue weighted by Crippen LogP contribution is 2.17. The number of amides is 3. The van der Waals surface area contributed by atoms with Gasteiger partial charge in [-0.2, -0.15) is 0 Å². The second kappa shape index (κ2) is 7.36. The summed E-state index contributed by atoms with van der Waals surface area (Å²) in [7, 11) is 0. The van der Waals surface area contributed by atoms with Gasteiger partial charge >= 0.3 is 6.03 Å². The molecule has 19 heavy (non-hydrogen) atoms. The van der Waals surface area contributed by atoms with Crippen LogP contribution in [0.3, 0.4) is 0 Å². The van der Waals surface area contributed by atoms with Gasteiger partial charge < -0.3 is 16.0 Å². The van der Waals surface area contributed by atoms with E-state index in [1.54, 1.807) is 0 Å². The van der Waals surface area contributed by atoms with Gasteiger partial charge in [0.15, 0.2) is 0 Å². The largest absolute Gasteiger partial charge is 0.352 e. The van der Waals surface area contributed by atoms with Gasteiger partial charge in [-0.1, -0.05) is 32.1 Å². The Morgan fingerprint density at radius 2 is 1.32 bits per heavy atom. The Morgan fingerprint density at radius 3 is 1.95 bits per heavy atom. The molecule has 2 aliphatic rings. The number of hydrogen-bond donors (Lipinski definition) is 3. The zero-order valence-corrected chi connectivity index (χ0v) is 11.5. The molecule has 0 aromatic heterocycles. The van der Waals surface area contributed by atoms with Gasteiger partial charge in [0, 0.05) is 12.1 Å². The fraction of sp³-hybridized carbons (Fsp3) is 0.857. The summed E-state index contributed by atoms with van der Waals surface area (Å²) in [4.78, 5) is 23.3. The van der Waals surface area contributed by atoms with Crippen molar-refractivity contribution in [2.24, 2.45) is 0 Å². The molecule has 3 amide bonds. The van der Waals surface area contributed by atoms with Gasteiger partial charge in [0.25, 0.3) is 0 Å². The van der Waals surface area contributed by atoms with Crippen LogP contribution < -0.4 is 16.0 Å². The van der Waals surface area contributed by atoms with Crippen LogP contribution in [0.1, 0.15) is 57.8 Å². The van der Waals surface area contributed by atoms with Crippen molar-refractivity contribution < 1.29 is 9.59 Å². The van der Waals surface area contributed by atoms with Gasteiger partial charge in [0.1, 0.15) is 0 Å². The standard InChI is InChI=1S/C14H25N3O2/c18-13(16-11-6-2-1-3-7-11)10-15-14(19)17-12-8-4-5-9-12/h11-12H,1-10H2,(H,16,18)(H2,15,17,19). The minimum atomic E-state index is -0.217. The van der Waals surface area contributed by atoms with E-state index in [1.165, 1.54) is 32.1 Å². The molecule has 108 valence electrons. The molecule has 0 unspecified atom stereocenters. The number of nitrogens with one attached hydrogen (secondary N) is 3. The molecule has 2 rings (SSSR count). The van der Waals surface area contributed by atoms with Crippen LogP contribution in [-0.2, 0) is 4.79 Å². The van der Waals surface area contributed by atoms with E-state index in [-0.39, 0.29) is 18.5 Å². The molecule has 0 atom stereocenters. The summed E-state index contributed by atoms with van der Waals surface area (Å²) in [5, 5.41) is 8.53. The van der Waals surface area contributed by atoms with Crippen molar-refractivity contribution in [3.05, 3.63) is 0 Å². The number of rotatable bonds is 4. The first-order valence-electron chi connectivity index (χ1n) is 7.58. The zero-order chi connectivity index (χ0) is 13.5. The van der Waals surface area contributed by atoms with E-state index in [0.717, 1.165) is 25.7 Å². The van der Waals surface area contributed by atoms with Crippen molar-refractivity contribution in [1.82, 2.24) is 16.0 Å². The summed E-state index contributed by atoms with van der Waals surface area (Å²) in [6.07, 6.45) is 10.3.